The zero-order valence-corrected chi connectivity index (χ0v) is 12.3. The molecule has 2 rings (SSSR count). The number of ether oxygens (including phenoxy) is 1. The second kappa shape index (κ2) is 6.79. The molecule has 0 bridgehead atoms. The van der Waals surface area contributed by atoms with Crippen molar-refractivity contribution in [1.82, 2.24) is 0 Å². The summed E-state index contributed by atoms with van der Waals surface area (Å²) in [4.78, 5) is 11.8. The van der Waals surface area contributed by atoms with E-state index in [0.717, 1.165) is 17.5 Å². The van der Waals surface area contributed by atoms with Crippen LogP contribution in [0.2, 0.25) is 0 Å². The Morgan fingerprint density at radius 3 is 2.52 bits per heavy atom. The molecule has 3 N–H and O–H groups in total. The molecule has 0 unspecified atom stereocenters. The fourth-order valence-corrected chi connectivity index (χ4v) is 1.98. The summed E-state index contributed by atoms with van der Waals surface area (Å²) in [6.07, 6.45) is 0.872. The van der Waals surface area contributed by atoms with Gasteiger partial charge in [0.25, 0.3) is 5.91 Å². The van der Waals surface area contributed by atoms with E-state index < -0.39 is 0 Å². The Kier molecular flexibility index (Phi) is 4.82. The van der Waals surface area contributed by atoms with E-state index in [9.17, 15) is 4.79 Å². The summed E-state index contributed by atoms with van der Waals surface area (Å²) < 4.78 is 5.43. The van der Waals surface area contributed by atoms with E-state index >= 15 is 0 Å². The molecule has 2 aromatic rings. The molecule has 0 fully saturated rings. The second-order valence-corrected chi connectivity index (χ2v) is 4.92. The van der Waals surface area contributed by atoms with Gasteiger partial charge in [-0.2, -0.15) is 0 Å². The highest BCUT2D eigenvalue weighted by molar-refractivity contribution is 5.92. The molecule has 110 valence electrons. The Morgan fingerprint density at radius 1 is 1.19 bits per heavy atom. The molecule has 21 heavy (non-hydrogen) atoms. The van der Waals surface area contributed by atoms with E-state index in [1.54, 1.807) is 6.07 Å². The molecule has 0 aromatic heterocycles. The van der Waals surface area contributed by atoms with Crippen molar-refractivity contribution in [1.29, 1.82) is 0 Å². The predicted molar refractivity (Wildman–Crippen MR) is 85.5 cm³/mol. The van der Waals surface area contributed by atoms with Crippen LogP contribution in [0.3, 0.4) is 0 Å². The van der Waals surface area contributed by atoms with Crippen molar-refractivity contribution in [2.75, 3.05) is 17.7 Å². The number of carbonyl (C=O) groups excluding carboxylic acids is 1. The third-order valence-electron chi connectivity index (χ3n) is 3.20. The lowest BCUT2D eigenvalue weighted by Crippen LogP contribution is -2.20. The lowest BCUT2D eigenvalue weighted by atomic mass is 10.1. The molecule has 2 aromatic carbocycles. The Labute approximate surface area is 124 Å². The van der Waals surface area contributed by atoms with Crippen molar-refractivity contribution in [3.05, 3.63) is 53.6 Å². The molecular formula is C17H20N2O2. The van der Waals surface area contributed by atoms with Crippen LogP contribution in [0.15, 0.2) is 42.5 Å². The van der Waals surface area contributed by atoms with E-state index in [2.05, 4.69) is 5.32 Å². The first-order valence-corrected chi connectivity index (χ1v) is 6.96. The van der Waals surface area contributed by atoms with Gasteiger partial charge in [-0.25, -0.2) is 0 Å². The van der Waals surface area contributed by atoms with Crippen LogP contribution in [0.4, 0.5) is 11.4 Å². The Morgan fingerprint density at radius 2 is 1.90 bits per heavy atom. The number of nitrogens with two attached hydrogens (primary N) is 1. The van der Waals surface area contributed by atoms with Crippen LogP contribution in [-0.2, 0) is 11.2 Å². The number of benzene rings is 2. The molecule has 0 atom stereocenters. The van der Waals surface area contributed by atoms with Crippen LogP contribution in [0, 0.1) is 6.92 Å². The van der Waals surface area contributed by atoms with Crippen molar-refractivity contribution in [2.24, 2.45) is 0 Å². The summed E-state index contributed by atoms with van der Waals surface area (Å²) in [7, 11) is 0. The number of carbonyl (C=O) groups is 1. The van der Waals surface area contributed by atoms with Gasteiger partial charge in [0.15, 0.2) is 6.61 Å². The van der Waals surface area contributed by atoms with Gasteiger partial charge in [0.2, 0.25) is 0 Å². The van der Waals surface area contributed by atoms with Crippen molar-refractivity contribution < 1.29 is 9.53 Å². The molecule has 0 aliphatic carbocycles. The third-order valence-corrected chi connectivity index (χ3v) is 3.20. The van der Waals surface area contributed by atoms with Crippen LogP contribution >= 0.6 is 0 Å². The number of hydrogen-bond donors (Lipinski definition) is 2. The Balaban J connectivity index is 1.89. The minimum absolute atomic E-state index is 0.0293. The van der Waals surface area contributed by atoms with Crippen molar-refractivity contribution in [3.8, 4) is 5.75 Å². The normalized spacial score (nSPS) is 10.2. The first-order valence-electron chi connectivity index (χ1n) is 6.96. The van der Waals surface area contributed by atoms with Crippen LogP contribution in [0.1, 0.15) is 18.1 Å². The van der Waals surface area contributed by atoms with Crippen molar-refractivity contribution in [3.63, 3.8) is 0 Å². The highest BCUT2D eigenvalue weighted by atomic mass is 16.5. The van der Waals surface area contributed by atoms with Crippen LogP contribution in [0.25, 0.3) is 0 Å². The van der Waals surface area contributed by atoms with Crippen molar-refractivity contribution >= 4 is 17.3 Å². The molecule has 4 nitrogen and oxygen atoms in total. The number of amides is 1. The van der Waals surface area contributed by atoms with Gasteiger partial charge in [-0.3, -0.25) is 4.79 Å². The SMILES string of the molecule is CCc1ccc(NC(=O)COc2ccc(C)cc2)cc1N. The largest absolute Gasteiger partial charge is 0.484 e. The van der Waals surface area contributed by atoms with Gasteiger partial charge in [0, 0.05) is 11.4 Å². The van der Waals surface area contributed by atoms with Crippen LogP contribution in [-0.4, -0.2) is 12.5 Å². The minimum atomic E-state index is -0.209. The Bertz CT molecular complexity index is 621. The van der Waals surface area contributed by atoms with Crippen LogP contribution < -0.4 is 15.8 Å². The molecule has 1 amide bonds. The van der Waals surface area contributed by atoms with Crippen molar-refractivity contribution in [2.45, 2.75) is 20.3 Å². The molecule has 0 heterocycles. The highest BCUT2D eigenvalue weighted by Crippen LogP contribution is 2.18. The molecule has 0 spiro atoms. The summed E-state index contributed by atoms with van der Waals surface area (Å²) >= 11 is 0. The van der Waals surface area contributed by atoms with Gasteiger partial charge in [-0.1, -0.05) is 30.7 Å². The van der Waals surface area contributed by atoms with Gasteiger partial charge in [-0.15, -0.1) is 0 Å². The summed E-state index contributed by atoms with van der Waals surface area (Å²) in [5.41, 5.74) is 9.50. The summed E-state index contributed by atoms with van der Waals surface area (Å²) in [6, 6.07) is 13.1. The number of hydrogen-bond acceptors (Lipinski definition) is 3. The molecule has 4 heteroatoms. The molecular weight excluding hydrogens is 264 g/mol. The zero-order chi connectivity index (χ0) is 15.2. The standard InChI is InChI=1S/C17H20N2O2/c1-3-13-6-7-14(10-16(13)18)19-17(20)11-21-15-8-4-12(2)5-9-15/h4-10H,3,11,18H2,1-2H3,(H,19,20). The maximum absolute atomic E-state index is 11.8. The van der Waals surface area contributed by atoms with E-state index in [-0.39, 0.29) is 12.5 Å². The third kappa shape index (κ3) is 4.24. The zero-order valence-electron chi connectivity index (χ0n) is 12.3. The molecule has 0 aliphatic rings. The topological polar surface area (TPSA) is 64.3 Å². The Hall–Kier alpha value is -2.49. The second-order valence-electron chi connectivity index (χ2n) is 4.92. The first kappa shape index (κ1) is 14.9. The lowest BCUT2D eigenvalue weighted by molar-refractivity contribution is -0.118. The van der Waals surface area contributed by atoms with Crippen LogP contribution in [0.5, 0.6) is 5.75 Å². The van der Waals surface area contributed by atoms with Gasteiger partial charge in [0.1, 0.15) is 5.75 Å². The summed E-state index contributed by atoms with van der Waals surface area (Å²) in [5, 5.41) is 2.77. The fraction of sp³-hybridized carbons (Fsp3) is 0.235. The smallest absolute Gasteiger partial charge is 0.262 e. The van der Waals surface area contributed by atoms with Gasteiger partial charge in [0.05, 0.1) is 0 Å². The van der Waals surface area contributed by atoms with E-state index in [1.165, 1.54) is 0 Å². The maximum atomic E-state index is 11.8. The first-order chi connectivity index (χ1) is 10.1. The lowest BCUT2D eigenvalue weighted by Gasteiger charge is -2.09. The average Bonchev–Trinajstić information content (AvgIpc) is 2.47. The molecule has 0 aliphatic heterocycles. The fourth-order valence-electron chi connectivity index (χ4n) is 1.98. The van der Waals surface area contributed by atoms with E-state index in [1.807, 2.05) is 50.2 Å². The predicted octanol–water partition coefficient (Wildman–Crippen LogP) is 3.16. The quantitative estimate of drug-likeness (QED) is 0.829. The average molecular weight is 284 g/mol. The van der Waals surface area contributed by atoms with Gasteiger partial charge < -0.3 is 15.8 Å². The van der Waals surface area contributed by atoms with E-state index in [0.29, 0.717) is 17.1 Å². The number of nitrogen functional groups attached to an aromatic ring is 1. The number of nitrogens with one attached hydrogen (secondary N) is 1. The molecule has 0 saturated heterocycles. The number of aryl methyl sites for hydroxylation is 2. The summed E-state index contributed by atoms with van der Waals surface area (Å²) in [5.74, 6) is 0.468. The summed E-state index contributed by atoms with van der Waals surface area (Å²) in [6.45, 7) is 4.01. The highest BCUT2D eigenvalue weighted by Gasteiger charge is 2.05. The van der Waals surface area contributed by atoms with Gasteiger partial charge in [-0.05, 0) is 43.2 Å². The maximum Gasteiger partial charge on any atom is 0.262 e. The molecule has 0 radical (unpaired) electrons. The number of anilines is 2. The van der Waals surface area contributed by atoms with Gasteiger partial charge >= 0.3 is 0 Å². The minimum Gasteiger partial charge on any atom is -0.484 e. The monoisotopic (exact) mass is 284 g/mol. The van der Waals surface area contributed by atoms with E-state index in [4.69, 9.17) is 10.5 Å². The molecule has 0 saturated carbocycles. The number of rotatable bonds is 5.